The second-order valence-corrected chi connectivity index (χ2v) is 6.06. The number of hydrogen-bond donors (Lipinski definition) is 1. The van der Waals surface area contributed by atoms with Gasteiger partial charge in [0.15, 0.2) is 0 Å². The van der Waals surface area contributed by atoms with Crippen LogP contribution in [0.5, 0.6) is 0 Å². The molecular weight excluding hydrogens is 262 g/mol. The Morgan fingerprint density at radius 1 is 1.30 bits per heavy atom. The second-order valence-electron chi connectivity index (χ2n) is 6.06. The van der Waals surface area contributed by atoms with Crippen molar-refractivity contribution in [3.63, 3.8) is 0 Å². The molecule has 3 atom stereocenters. The standard InChI is InChI=1S/C14H21NO5/c1-4-20-13(19)8-6-5-7-15(8)11(16)9-10(12(17)18)14(9,2)3/h8-10H,4-7H2,1-3H3,(H,17,18). The number of esters is 1. The zero-order valence-corrected chi connectivity index (χ0v) is 12.1. The van der Waals surface area contributed by atoms with E-state index in [0.29, 0.717) is 13.0 Å². The highest BCUT2D eigenvalue weighted by Crippen LogP contribution is 2.59. The van der Waals surface area contributed by atoms with Crippen LogP contribution in [-0.4, -0.2) is 47.0 Å². The van der Waals surface area contributed by atoms with Crippen LogP contribution in [0.2, 0.25) is 0 Å². The summed E-state index contributed by atoms with van der Waals surface area (Å²) in [5.41, 5.74) is -0.537. The smallest absolute Gasteiger partial charge is 0.328 e. The van der Waals surface area contributed by atoms with Crippen molar-refractivity contribution in [1.29, 1.82) is 0 Å². The maximum Gasteiger partial charge on any atom is 0.328 e. The predicted octanol–water partition coefficient (Wildman–Crippen LogP) is 0.897. The minimum atomic E-state index is -0.944. The van der Waals surface area contributed by atoms with Crippen LogP contribution in [0.1, 0.15) is 33.6 Å². The van der Waals surface area contributed by atoms with Gasteiger partial charge < -0.3 is 14.7 Å². The lowest BCUT2D eigenvalue weighted by Gasteiger charge is -2.23. The molecule has 6 nitrogen and oxygen atoms in total. The molecule has 1 amide bonds. The lowest BCUT2D eigenvalue weighted by atomic mass is 10.1. The maximum atomic E-state index is 12.5. The molecule has 1 saturated heterocycles. The van der Waals surface area contributed by atoms with Gasteiger partial charge in [-0.3, -0.25) is 9.59 Å². The quantitative estimate of drug-likeness (QED) is 0.775. The largest absolute Gasteiger partial charge is 0.481 e. The lowest BCUT2D eigenvalue weighted by molar-refractivity contribution is -0.153. The predicted molar refractivity (Wildman–Crippen MR) is 69.8 cm³/mol. The molecule has 1 heterocycles. The summed E-state index contributed by atoms with van der Waals surface area (Å²) >= 11 is 0. The Labute approximate surface area is 118 Å². The number of carboxylic acids is 1. The third-order valence-electron chi connectivity index (χ3n) is 4.45. The number of carbonyl (C=O) groups is 3. The zero-order chi connectivity index (χ0) is 15.1. The van der Waals surface area contributed by atoms with Crippen molar-refractivity contribution in [3.05, 3.63) is 0 Å². The summed E-state index contributed by atoms with van der Waals surface area (Å²) in [7, 11) is 0. The monoisotopic (exact) mass is 283 g/mol. The highest BCUT2D eigenvalue weighted by molar-refractivity contribution is 5.94. The highest BCUT2D eigenvalue weighted by atomic mass is 16.5. The van der Waals surface area contributed by atoms with Gasteiger partial charge in [-0.05, 0) is 25.2 Å². The van der Waals surface area contributed by atoms with E-state index in [4.69, 9.17) is 9.84 Å². The van der Waals surface area contributed by atoms with Crippen molar-refractivity contribution in [2.45, 2.75) is 39.7 Å². The summed E-state index contributed by atoms with van der Waals surface area (Å²) < 4.78 is 4.98. The van der Waals surface area contributed by atoms with Crippen LogP contribution < -0.4 is 0 Å². The average Bonchev–Trinajstić information content (AvgIpc) is 2.75. The second kappa shape index (κ2) is 5.07. The van der Waals surface area contributed by atoms with Crippen LogP contribution in [0.25, 0.3) is 0 Å². The number of aliphatic carboxylic acids is 1. The summed E-state index contributed by atoms with van der Waals surface area (Å²) in [6, 6.07) is -0.548. The summed E-state index contributed by atoms with van der Waals surface area (Å²) in [6.07, 6.45) is 1.34. The molecule has 1 aliphatic carbocycles. The fourth-order valence-corrected chi connectivity index (χ4v) is 3.25. The van der Waals surface area contributed by atoms with Gasteiger partial charge in [0.1, 0.15) is 6.04 Å². The summed E-state index contributed by atoms with van der Waals surface area (Å²) in [5.74, 6) is -2.74. The van der Waals surface area contributed by atoms with Gasteiger partial charge in [0.2, 0.25) is 5.91 Å². The van der Waals surface area contributed by atoms with Crippen LogP contribution in [-0.2, 0) is 19.1 Å². The van der Waals surface area contributed by atoms with Crippen molar-refractivity contribution in [1.82, 2.24) is 4.90 Å². The number of nitrogens with zero attached hydrogens (tertiary/aromatic N) is 1. The lowest BCUT2D eigenvalue weighted by Crippen LogP contribution is -2.43. The molecule has 1 saturated carbocycles. The number of ether oxygens (including phenoxy) is 1. The average molecular weight is 283 g/mol. The highest BCUT2D eigenvalue weighted by Gasteiger charge is 2.67. The van der Waals surface area contributed by atoms with E-state index in [0.717, 1.165) is 6.42 Å². The number of hydrogen-bond acceptors (Lipinski definition) is 4. The van der Waals surface area contributed by atoms with E-state index in [-0.39, 0.29) is 18.5 Å². The van der Waals surface area contributed by atoms with Crippen LogP contribution in [0.3, 0.4) is 0 Å². The summed E-state index contributed by atoms with van der Waals surface area (Å²) in [4.78, 5) is 37.0. The summed E-state index contributed by atoms with van der Waals surface area (Å²) in [5, 5.41) is 9.15. The normalized spacial score (nSPS) is 30.9. The van der Waals surface area contributed by atoms with Crippen LogP contribution >= 0.6 is 0 Å². The first-order valence-corrected chi connectivity index (χ1v) is 7.02. The third-order valence-corrected chi connectivity index (χ3v) is 4.45. The molecule has 0 aromatic heterocycles. The van der Waals surface area contributed by atoms with Gasteiger partial charge in [-0.2, -0.15) is 0 Å². The van der Waals surface area contributed by atoms with Crippen molar-refractivity contribution < 1.29 is 24.2 Å². The molecule has 0 radical (unpaired) electrons. The third kappa shape index (κ3) is 2.27. The molecular formula is C14H21NO5. The van der Waals surface area contributed by atoms with Crippen LogP contribution in [0, 0.1) is 17.3 Å². The first-order chi connectivity index (χ1) is 9.32. The van der Waals surface area contributed by atoms with Crippen molar-refractivity contribution >= 4 is 17.8 Å². The molecule has 1 aliphatic heterocycles. The Kier molecular flexibility index (Phi) is 3.75. The number of likely N-dealkylation sites (tertiary alicyclic amines) is 1. The van der Waals surface area contributed by atoms with Gasteiger partial charge in [0.05, 0.1) is 18.4 Å². The van der Waals surface area contributed by atoms with Gasteiger partial charge in [-0.15, -0.1) is 0 Å². The van der Waals surface area contributed by atoms with E-state index in [1.165, 1.54) is 4.90 Å². The van der Waals surface area contributed by atoms with E-state index < -0.39 is 29.3 Å². The Hall–Kier alpha value is -1.59. The van der Waals surface area contributed by atoms with E-state index in [1.54, 1.807) is 20.8 Å². The van der Waals surface area contributed by atoms with E-state index in [2.05, 4.69) is 0 Å². The molecule has 0 bridgehead atoms. The fraction of sp³-hybridized carbons (Fsp3) is 0.786. The molecule has 0 aromatic rings. The Bertz CT molecular complexity index is 445. The van der Waals surface area contributed by atoms with Crippen LogP contribution in [0.15, 0.2) is 0 Å². The van der Waals surface area contributed by atoms with E-state index in [1.807, 2.05) is 0 Å². The van der Waals surface area contributed by atoms with Gasteiger partial charge in [0, 0.05) is 6.54 Å². The number of carbonyl (C=O) groups excluding carboxylic acids is 2. The molecule has 112 valence electrons. The molecule has 2 rings (SSSR count). The van der Waals surface area contributed by atoms with Gasteiger partial charge in [-0.1, -0.05) is 13.8 Å². The minimum Gasteiger partial charge on any atom is -0.481 e. The number of rotatable bonds is 4. The molecule has 20 heavy (non-hydrogen) atoms. The fourth-order valence-electron chi connectivity index (χ4n) is 3.25. The number of amides is 1. The van der Waals surface area contributed by atoms with Crippen molar-refractivity contribution in [2.24, 2.45) is 17.3 Å². The molecule has 0 spiro atoms. The first-order valence-electron chi connectivity index (χ1n) is 7.02. The van der Waals surface area contributed by atoms with Gasteiger partial charge in [-0.25, -0.2) is 4.79 Å². The molecule has 2 fully saturated rings. The zero-order valence-electron chi connectivity index (χ0n) is 12.1. The molecule has 6 heteroatoms. The topological polar surface area (TPSA) is 83.9 Å². The molecule has 3 unspecified atom stereocenters. The Morgan fingerprint density at radius 2 is 1.95 bits per heavy atom. The van der Waals surface area contributed by atoms with Crippen molar-refractivity contribution in [3.8, 4) is 0 Å². The van der Waals surface area contributed by atoms with Crippen molar-refractivity contribution in [2.75, 3.05) is 13.2 Å². The number of carboxylic acid groups (broad SMARTS) is 1. The molecule has 2 aliphatic rings. The Morgan fingerprint density at radius 3 is 2.45 bits per heavy atom. The first kappa shape index (κ1) is 14.8. The van der Waals surface area contributed by atoms with Crippen LogP contribution in [0.4, 0.5) is 0 Å². The van der Waals surface area contributed by atoms with Gasteiger partial charge in [0.25, 0.3) is 0 Å². The Balaban J connectivity index is 2.10. The maximum absolute atomic E-state index is 12.5. The van der Waals surface area contributed by atoms with E-state index in [9.17, 15) is 14.4 Å². The SMILES string of the molecule is CCOC(=O)C1CCCN1C(=O)C1C(C(=O)O)C1(C)C. The minimum absolute atomic E-state index is 0.224. The molecule has 1 N–H and O–H groups in total. The molecule has 0 aromatic carbocycles. The summed E-state index contributed by atoms with van der Waals surface area (Å²) in [6.45, 7) is 6.07. The van der Waals surface area contributed by atoms with E-state index >= 15 is 0 Å². The van der Waals surface area contributed by atoms with Gasteiger partial charge >= 0.3 is 11.9 Å².